The number of nitrogens with zero attached hydrogens (tertiary/aromatic N) is 1. The van der Waals surface area contributed by atoms with Crippen LogP contribution in [-0.2, 0) is 21.2 Å². The summed E-state index contributed by atoms with van der Waals surface area (Å²) < 4.78 is 32.5. The van der Waals surface area contributed by atoms with E-state index in [1.165, 1.54) is 4.31 Å². The third-order valence-electron chi connectivity index (χ3n) is 5.78. The third kappa shape index (κ3) is 4.84. The van der Waals surface area contributed by atoms with Crippen LogP contribution in [0, 0.1) is 5.92 Å². The second-order valence-electron chi connectivity index (χ2n) is 7.70. The molecular formula is C23H30N2O4S. The fourth-order valence-corrected chi connectivity index (χ4v) is 5.40. The van der Waals surface area contributed by atoms with Gasteiger partial charge in [0.25, 0.3) is 0 Å². The summed E-state index contributed by atoms with van der Waals surface area (Å²) in [6.45, 7) is 4.45. The number of ether oxygens (including phenoxy) is 1. The molecule has 1 aliphatic rings. The fraction of sp³-hybridized carbons (Fsp3) is 0.435. The zero-order chi connectivity index (χ0) is 21.7. The smallest absolute Gasteiger partial charge is 0.224 e. The van der Waals surface area contributed by atoms with E-state index in [0.29, 0.717) is 25.9 Å². The van der Waals surface area contributed by atoms with Crippen molar-refractivity contribution in [1.82, 2.24) is 9.62 Å². The predicted molar refractivity (Wildman–Crippen MR) is 119 cm³/mol. The third-order valence-corrected chi connectivity index (χ3v) is 8.18. The first-order valence-corrected chi connectivity index (χ1v) is 11.9. The molecule has 0 aromatic heterocycles. The van der Waals surface area contributed by atoms with Crippen LogP contribution < -0.4 is 10.1 Å². The van der Waals surface area contributed by atoms with Crippen LogP contribution in [0.3, 0.4) is 0 Å². The highest BCUT2D eigenvalue weighted by atomic mass is 32.2. The number of sulfonamides is 1. The lowest BCUT2D eigenvalue weighted by molar-refractivity contribution is -0.124. The molecule has 1 fully saturated rings. The van der Waals surface area contributed by atoms with Crippen LogP contribution >= 0.6 is 0 Å². The fourth-order valence-electron chi connectivity index (χ4n) is 3.74. The Hall–Kier alpha value is -2.38. The van der Waals surface area contributed by atoms with Crippen LogP contribution in [0.5, 0.6) is 5.75 Å². The van der Waals surface area contributed by atoms with Crippen LogP contribution in [0.4, 0.5) is 0 Å². The summed E-state index contributed by atoms with van der Waals surface area (Å²) in [5, 5.41) is 2.43. The highest BCUT2D eigenvalue weighted by Gasteiger charge is 2.34. The van der Waals surface area contributed by atoms with E-state index in [4.69, 9.17) is 4.74 Å². The lowest BCUT2D eigenvalue weighted by Gasteiger charge is -2.26. The topological polar surface area (TPSA) is 75.7 Å². The summed E-state index contributed by atoms with van der Waals surface area (Å²) in [5.74, 6) is 0.248. The maximum Gasteiger partial charge on any atom is 0.224 e. The Morgan fingerprint density at radius 2 is 1.87 bits per heavy atom. The number of hydrogen-bond donors (Lipinski definition) is 1. The van der Waals surface area contributed by atoms with Crippen molar-refractivity contribution < 1.29 is 17.9 Å². The Labute approximate surface area is 179 Å². The average molecular weight is 431 g/mol. The Bertz CT molecular complexity index is 973. The van der Waals surface area contributed by atoms with E-state index in [-0.39, 0.29) is 12.5 Å². The molecule has 1 heterocycles. The molecule has 0 aliphatic carbocycles. The summed E-state index contributed by atoms with van der Waals surface area (Å²) in [6, 6.07) is 15.7. The van der Waals surface area contributed by atoms with Gasteiger partial charge >= 0.3 is 0 Å². The number of carbonyl (C=O) groups is 1. The maximum atomic E-state index is 12.9. The standard InChI is InChI=1S/C23H30N2O4S/c1-4-17(2)30(27,28)25-14-13-24-23(26)20(16-25)15-19-7-5-6-8-22(19)18-9-11-21(29-3)12-10-18/h5-12,17,20H,4,13-16H2,1-3H3,(H,24,26)/t17-,20-/m1/s1. The number of nitrogens with one attached hydrogen (secondary N) is 1. The molecule has 0 bridgehead atoms. The molecule has 30 heavy (non-hydrogen) atoms. The van der Waals surface area contributed by atoms with E-state index in [0.717, 1.165) is 22.4 Å². The normalized spacial score (nSPS) is 19.0. The molecule has 1 saturated heterocycles. The van der Waals surface area contributed by atoms with Gasteiger partial charge in [0.1, 0.15) is 5.75 Å². The first-order chi connectivity index (χ1) is 14.4. The van der Waals surface area contributed by atoms with Crippen molar-refractivity contribution in [3.05, 3.63) is 54.1 Å². The van der Waals surface area contributed by atoms with E-state index in [9.17, 15) is 13.2 Å². The lowest BCUT2D eigenvalue weighted by atomic mass is 9.91. The van der Waals surface area contributed by atoms with Crippen LogP contribution in [-0.4, -0.2) is 50.6 Å². The highest BCUT2D eigenvalue weighted by molar-refractivity contribution is 7.89. The van der Waals surface area contributed by atoms with Crippen LogP contribution in [0.25, 0.3) is 11.1 Å². The monoisotopic (exact) mass is 430 g/mol. The van der Waals surface area contributed by atoms with Crippen molar-refractivity contribution >= 4 is 15.9 Å². The summed E-state index contributed by atoms with van der Waals surface area (Å²) in [5.41, 5.74) is 3.09. The summed E-state index contributed by atoms with van der Waals surface area (Å²) in [7, 11) is -1.80. The zero-order valence-corrected chi connectivity index (χ0v) is 18.6. The lowest BCUT2D eigenvalue weighted by Crippen LogP contribution is -2.41. The van der Waals surface area contributed by atoms with Gasteiger partial charge in [0.05, 0.1) is 18.3 Å². The first-order valence-electron chi connectivity index (χ1n) is 10.4. The summed E-state index contributed by atoms with van der Waals surface area (Å²) >= 11 is 0. The quantitative estimate of drug-likeness (QED) is 0.732. The van der Waals surface area contributed by atoms with E-state index in [1.54, 1.807) is 14.0 Å². The van der Waals surface area contributed by atoms with Crippen molar-refractivity contribution in [2.75, 3.05) is 26.7 Å². The Kier molecular flexibility index (Phi) is 7.15. The second kappa shape index (κ2) is 9.62. The molecular weight excluding hydrogens is 400 g/mol. The molecule has 6 nitrogen and oxygen atoms in total. The number of amides is 1. The van der Waals surface area contributed by atoms with Crippen molar-refractivity contribution in [2.45, 2.75) is 31.9 Å². The molecule has 3 rings (SSSR count). The van der Waals surface area contributed by atoms with Gasteiger partial charge in [-0.15, -0.1) is 0 Å². The molecule has 7 heteroatoms. The van der Waals surface area contributed by atoms with Gasteiger partial charge in [-0.2, -0.15) is 4.31 Å². The van der Waals surface area contributed by atoms with Crippen molar-refractivity contribution in [3.8, 4) is 16.9 Å². The van der Waals surface area contributed by atoms with Gasteiger partial charge in [-0.25, -0.2) is 8.42 Å². The summed E-state index contributed by atoms with van der Waals surface area (Å²) in [6.07, 6.45) is 1.02. The Balaban J connectivity index is 1.88. The molecule has 1 N–H and O–H groups in total. The maximum absolute atomic E-state index is 12.9. The average Bonchev–Trinajstić information content (AvgIpc) is 2.95. The molecule has 0 unspecified atom stereocenters. The van der Waals surface area contributed by atoms with Gasteiger partial charge in [-0.3, -0.25) is 4.79 Å². The number of rotatable bonds is 7. The largest absolute Gasteiger partial charge is 0.497 e. The molecule has 1 aliphatic heterocycles. The second-order valence-corrected chi connectivity index (χ2v) is 10.1. The molecule has 1 amide bonds. The molecule has 0 radical (unpaired) electrons. The predicted octanol–water partition coefficient (Wildman–Crippen LogP) is 3.08. The molecule has 162 valence electrons. The molecule has 2 atom stereocenters. The molecule has 0 spiro atoms. The van der Waals surface area contributed by atoms with Gasteiger partial charge in [0.2, 0.25) is 15.9 Å². The van der Waals surface area contributed by atoms with Gasteiger partial charge in [-0.1, -0.05) is 43.3 Å². The van der Waals surface area contributed by atoms with Crippen LogP contribution in [0.2, 0.25) is 0 Å². The minimum atomic E-state index is -3.43. The first kappa shape index (κ1) is 22.3. The SMILES string of the molecule is CC[C@@H](C)S(=O)(=O)N1CCNC(=O)[C@H](Cc2ccccc2-c2ccc(OC)cc2)C1. The van der Waals surface area contributed by atoms with Gasteiger partial charge < -0.3 is 10.1 Å². The molecule has 0 saturated carbocycles. The highest BCUT2D eigenvalue weighted by Crippen LogP contribution is 2.28. The van der Waals surface area contributed by atoms with E-state index < -0.39 is 21.2 Å². The van der Waals surface area contributed by atoms with Crippen molar-refractivity contribution in [2.24, 2.45) is 5.92 Å². The number of hydrogen-bond acceptors (Lipinski definition) is 4. The minimum absolute atomic E-state index is 0.0959. The Morgan fingerprint density at radius 1 is 1.17 bits per heavy atom. The van der Waals surface area contributed by atoms with Crippen molar-refractivity contribution in [1.29, 1.82) is 0 Å². The van der Waals surface area contributed by atoms with Crippen molar-refractivity contribution in [3.63, 3.8) is 0 Å². The van der Waals surface area contributed by atoms with Crippen LogP contribution in [0.1, 0.15) is 25.8 Å². The molecule has 2 aromatic carbocycles. The Morgan fingerprint density at radius 3 is 2.53 bits per heavy atom. The van der Waals surface area contributed by atoms with E-state index >= 15 is 0 Å². The van der Waals surface area contributed by atoms with Gasteiger partial charge in [0, 0.05) is 19.6 Å². The van der Waals surface area contributed by atoms with E-state index in [1.807, 2.05) is 55.5 Å². The number of methoxy groups -OCH3 is 1. The summed E-state index contributed by atoms with van der Waals surface area (Å²) in [4.78, 5) is 12.7. The van der Waals surface area contributed by atoms with E-state index in [2.05, 4.69) is 5.32 Å². The minimum Gasteiger partial charge on any atom is -0.497 e. The van der Waals surface area contributed by atoms with Gasteiger partial charge in [0.15, 0.2) is 0 Å². The number of benzene rings is 2. The van der Waals surface area contributed by atoms with Crippen LogP contribution in [0.15, 0.2) is 48.5 Å². The number of carbonyl (C=O) groups excluding carboxylic acids is 1. The zero-order valence-electron chi connectivity index (χ0n) is 17.8. The molecule has 2 aromatic rings. The van der Waals surface area contributed by atoms with Gasteiger partial charge in [-0.05, 0) is 48.6 Å².